The lowest BCUT2D eigenvalue weighted by Gasteiger charge is -2.09. The van der Waals surface area contributed by atoms with Gasteiger partial charge in [0.25, 0.3) is 6.47 Å². The van der Waals surface area contributed by atoms with Crippen molar-refractivity contribution in [2.75, 3.05) is 0 Å². The molecule has 0 atom stereocenters. The van der Waals surface area contributed by atoms with Crippen molar-refractivity contribution >= 4 is 6.47 Å². The molecule has 0 radical (unpaired) electrons. The first kappa shape index (κ1) is 12.5. The maximum atomic E-state index is 10.0. The molecule has 0 spiro atoms. The van der Waals surface area contributed by atoms with Crippen LogP contribution in [-0.2, 0) is 16.0 Å². The van der Waals surface area contributed by atoms with Crippen LogP contribution in [0.25, 0.3) is 0 Å². The summed E-state index contributed by atoms with van der Waals surface area (Å²) >= 11 is 0. The second-order valence-corrected chi connectivity index (χ2v) is 4.07. The Labute approximate surface area is 96.9 Å². The highest BCUT2D eigenvalue weighted by Gasteiger charge is 2.02. The van der Waals surface area contributed by atoms with E-state index in [2.05, 4.69) is 36.8 Å². The number of aryl methyl sites for hydroxylation is 2. The predicted octanol–water partition coefficient (Wildman–Crippen LogP) is 3.31. The average molecular weight is 218 g/mol. The van der Waals surface area contributed by atoms with Crippen LogP contribution in [0.4, 0.5) is 0 Å². The molecule has 0 saturated heterocycles. The minimum Gasteiger partial charge on any atom is -0.437 e. The Morgan fingerprint density at radius 3 is 2.50 bits per heavy atom. The first-order valence-electron chi connectivity index (χ1n) is 5.45. The number of hydrogen-bond donors (Lipinski definition) is 0. The molecule has 0 aliphatic carbocycles. The van der Waals surface area contributed by atoms with Gasteiger partial charge in [0, 0.05) is 0 Å². The smallest absolute Gasteiger partial charge is 0.297 e. The van der Waals surface area contributed by atoms with Crippen LogP contribution in [-0.4, -0.2) is 6.47 Å². The number of allylic oxidation sites excluding steroid dienone is 1. The summed E-state index contributed by atoms with van der Waals surface area (Å²) in [6.07, 6.45) is 3.42. The fourth-order valence-corrected chi connectivity index (χ4v) is 1.77. The van der Waals surface area contributed by atoms with E-state index in [1.807, 2.05) is 6.92 Å². The van der Waals surface area contributed by atoms with Gasteiger partial charge in [-0.3, -0.25) is 4.79 Å². The number of carbonyl (C=O) groups excluding carboxylic acids is 1. The predicted molar refractivity (Wildman–Crippen MR) is 65.1 cm³/mol. The molecule has 86 valence electrons. The molecule has 0 aliphatic rings. The molecule has 0 amide bonds. The Morgan fingerprint density at radius 1 is 1.31 bits per heavy atom. The SMILES string of the molecule is C/C(=C\OC=O)CCc1c(C)cccc1C. The van der Waals surface area contributed by atoms with Crippen LogP contribution in [0.3, 0.4) is 0 Å². The summed E-state index contributed by atoms with van der Waals surface area (Å²) in [6, 6.07) is 6.33. The van der Waals surface area contributed by atoms with E-state index >= 15 is 0 Å². The third-order valence-corrected chi connectivity index (χ3v) is 2.74. The van der Waals surface area contributed by atoms with E-state index in [1.54, 1.807) is 0 Å². The van der Waals surface area contributed by atoms with Gasteiger partial charge in [0.05, 0.1) is 6.26 Å². The van der Waals surface area contributed by atoms with Gasteiger partial charge in [-0.1, -0.05) is 18.2 Å². The standard InChI is InChI=1S/C14H18O2/c1-11(9-16-10-15)7-8-14-12(2)5-4-6-13(14)3/h4-6,9-10H,7-8H2,1-3H3/b11-9+. The molecular formula is C14H18O2. The fraction of sp³-hybridized carbons (Fsp3) is 0.357. The van der Waals surface area contributed by atoms with Crippen molar-refractivity contribution < 1.29 is 9.53 Å². The van der Waals surface area contributed by atoms with Crippen molar-refractivity contribution in [3.8, 4) is 0 Å². The van der Waals surface area contributed by atoms with Crippen LogP contribution >= 0.6 is 0 Å². The van der Waals surface area contributed by atoms with Crippen molar-refractivity contribution in [2.45, 2.75) is 33.6 Å². The molecule has 2 heteroatoms. The minimum atomic E-state index is 0.447. The van der Waals surface area contributed by atoms with Crippen LogP contribution < -0.4 is 0 Å². The summed E-state index contributed by atoms with van der Waals surface area (Å²) in [7, 11) is 0. The van der Waals surface area contributed by atoms with E-state index in [0.29, 0.717) is 6.47 Å². The van der Waals surface area contributed by atoms with Crippen LogP contribution in [0.2, 0.25) is 0 Å². The lowest BCUT2D eigenvalue weighted by Crippen LogP contribution is -1.94. The normalized spacial score (nSPS) is 11.3. The molecule has 0 fully saturated rings. The van der Waals surface area contributed by atoms with Crippen molar-refractivity contribution in [2.24, 2.45) is 0 Å². The Hall–Kier alpha value is -1.57. The molecule has 0 aliphatic heterocycles. The number of carbonyl (C=O) groups is 1. The van der Waals surface area contributed by atoms with Crippen LogP contribution in [0, 0.1) is 13.8 Å². The van der Waals surface area contributed by atoms with Gasteiger partial charge in [-0.25, -0.2) is 0 Å². The second kappa shape index (κ2) is 6.11. The highest BCUT2D eigenvalue weighted by atomic mass is 16.5. The van der Waals surface area contributed by atoms with Crippen molar-refractivity contribution in [3.63, 3.8) is 0 Å². The molecular weight excluding hydrogens is 200 g/mol. The molecule has 2 nitrogen and oxygen atoms in total. The van der Waals surface area contributed by atoms with Gasteiger partial charge < -0.3 is 4.74 Å². The van der Waals surface area contributed by atoms with Crippen molar-refractivity contribution in [3.05, 3.63) is 46.7 Å². The van der Waals surface area contributed by atoms with E-state index in [4.69, 9.17) is 0 Å². The van der Waals surface area contributed by atoms with Crippen LogP contribution in [0.5, 0.6) is 0 Å². The van der Waals surface area contributed by atoms with Crippen molar-refractivity contribution in [1.82, 2.24) is 0 Å². The summed E-state index contributed by atoms with van der Waals surface area (Å²) in [5, 5.41) is 0. The number of ether oxygens (including phenoxy) is 1. The van der Waals surface area contributed by atoms with Crippen molar-refractivity contribution in [1.29, 1.82) is 0 Å². The van der Waals surface area contributed by atoms with E-state index < -0.39 is 0 Å². The highest BCUT2D eigenvalue weighted by molar-refractivity contribution is 5.38. The lowest BCUT2D eigenvalue weighted by molar-refractivity contribution is -0.123. The number of rotatable bonds is 5. The Balaban J connectivity index is 2.64. The van der Waals surface area contributed by atoms with Crippen LogP contribution in [0.1, 0.15) is 30.0 Å². The van der Waals surface area contributed by atoms with Gasteiger partial charge in [-0.15, -0.1) is 0 Å². The van der Waals surface area contributed by atoms with E-state index in [1.165, 1.54) is 23.0 Å². The third kappa shape index (κ3) is 3.54. The third-order valence-electron chi connectivity index (χ3n) is 2.74. The van der Waals surface area contributed by atoms with E-state index in [0.717, 1.165) is 18.4 Å². The molecule has 0 aromatic heterocycles. The van der Waals surface area contributed by atoms with Gasteiger partial charge >= 0.3 is 0 Å². The van der Waals surface area contributed by atoms with Gasteiger partial charge in [-0.05, 0) is 55.9 Å². The second-order valence-electron chi connectivity index (χ2n) is 4.07. The molecule has 0 bridgehead atoms. The average Bonchev–Trinajstić information content (AvgIpc) is 2.25. The summed E-state index contributed by atoms with van der Waals surface area (Å²) in [5.74, 6) is 0. The number of benzene rings is 1. The van der Waals surface area contributed by atoms with E-state index in [9.17, 15) is 4.79 Å². The zero-order valence-electron chi connectivity index (χ0n) is 10.1. The van der Waals surface area contributed by atoms with E-state index in [-0.39, 0.29) is 0 Å². The molecule has 1 rings (SSSR count). The summed E-state index contributed by atoms with van der Waals surface area (Å²) < 4.78 is 4.60. The molecule has 1 aromatic rings. The number of hydrogen-bond acceptors (Lipinski definition) is 2. The Kier molecular flexibility index (Phi) is 4.77. The lowest BCUT2D eigenvalue weighted by atomic mass is 9.97. The summed E-state index contributed by atoms with van der Waals surface area (Å²) in [5.41, 5.74) is 5.12. The molecule has 0 heterocycles. The largest absolute Gasteiger partial charge is 0.437 e. The monoisotopic (exact) mass is 218 g/mol. The molecule has 1 aromatic carbocycles. The maximum Gasteiger partial charge on any atom is 0.297 e. The zero-order chi connectivity index (χ0) is 12.0. The van der Waals surface area contributed by atoms with Gasteiger partial charge in [-0.2, -0.15) is 0 Å². The molecule has 0 saturated carbocycles. The van der Waals surface area contributed by atoms with Gasteiger partial charge in [0.2, 0.25) is 0 Å². The Bertz CT molecular complexity index is 371. The maximum absolute atomic E-state index is 10.0. The fourth-order valence-electron chi connectivity index (χ4n) is 1.77. The highest BCUT2D eigenvalue weighted by Crippen LogP contribution is 2.17. The topological polar surface area (TPSA) is 26.3 Å². The molecule has 16 heavy (non-hydrogen) atoms. The first-order chi connectivity index (χ1) is 7.65. The Morgan fingerprint density at radius 2 is 1.94 bits per heavy atom. The molecule has 0 N–H and O–H groups in total. The minimum absolute atomic E-state index is 0.447. The van der Waals surface area contributed by atoms with Gasteiger partial charge in [0.1, 0.15) is 0 Å². The van der Waals surface area contributed by atoms with Crippen LogP contribution in [0.15, 0.2) is 30.0 Å². The molecule has 0 unspecified atom stereocenters. The van der Waals surface area contributed by atoms with Gasteiger partial charge in [0.15, 0.2) is 0 Å². The zero-order valence-corrected chi connectivity index (χ0v) is 10.1. The first-order valence-corrected chi connectivity index (χ1v) is 5.45. The summed E-state index contributed by atoms with van der Waals surface area (Å²) in [4.78, 5) is 10.0. The quantitative estimate of drug-likeness (QED) is 0.560. The summed E-state index contributed by atoms with van der Waals surface area (Å²) in [6.45, 7) is 6.67.